The summed E-state index contributed by atoms with van der Waals surface area (Å²) in [7, 11) is 3.31. The van der Waals surface area contributed by atoms with Crippen molar-refractivity contribution >= 4 is 11.9 Å². The van der Waals surface area contributed by atoms with E-state index in [0.717, 1.165) is 49.7 Å². The first-order valence-electron chi connectivity index (χ1n) is 28.0. The maximum absolute atomic E-state index is 12.6. The average molecular weight is 1060 g/mol. The molecule has 0 bridgehead atoms. The normalized spacial score (nSPS) is 51.7. The molecule has 5 N–H and O–H groups in total. The van der Waals surface area contributed by atoms with Crippen LogP contribution in [0.1, 0.15) is 146 Å². The van der Waals surface area contributed by atoms with Crippen LogP contribution in [0.5, 0.6) is 0 Å². The van der Waals surface area contributed by atoms with Crippen LogP contribution in [-0.2, 0) is 57.0 Å². The van der Waals surface area contributed by atoms with Gasteiger partial charge in [-0.2, -0.15) is 0 Å². The van der Waals surface area contributed by atoms with Gasteiger partial charge in [-0.1, -0.05) is 28.2 Å². The number of aliphatic hydroxyl groups excluding tert-OH is 2. The summed E-state index contributed by atoms with van der Waals surface area (Å²) in [5, 5.41) is 59.6. The van der Waals surface area contributed by atoms with Crippen LogP contribution in [0.3, 0.4) is 0 Å². The molecule has 2 spiro atoms. The molecule has 20 atom stereocenters. The Bertz CT molecular complexity index is 2270. The van der Waals surface area contributed by atoms with Crippen LogP contribution >= 0.6 is 0 Å². The van der Waals surface area contributed by atoms with Gasteiger partial charge in [0.15, 0.2) is 11.6 Å². The summed E-state index contributed by atoms with van der Waals surface area (Å²) in [6, 6.07) is 0. The Labute approximate surface area is 444 Å². The highest BCUT2D eigenvalue weighted by atomic mass is 16.7. The van der Waals surface area contributed by atoms with Crippen LogP contribution < -0.4 is 0 Å². The second kappa shape index (κ2) is 19.0. The predicted molar refractivity (Wildman–Crippen MR) is 270 cm³/mol. The Hall–Kier alpha value is -2.10. The maximum Gasteiger partial charge on any atom is 0.331 e. The second-order valence-corrected chi connectivity index (χ2v) is 26.8. The van der Waals surface area contributed by atoms with Crippen molar-refractivity contribution in [3.05, 3.63) is 23.3 Å². The highest BCUT2D eigenvalue weighted by molar-refractivity contribution is 5.86. The summed E-state index contributed by atoms with van der Waals surface area (Å²) in [5.74, 6) is -2.47. The summed E-state index contributed by atoms with van der Waals surface area (Å²) in [6.45, 7) is 15.7. The molecule has 17 heteroatoms. The molecule has 12 aliphatic rings. The van der Waals surface area contributed by atoms with Crippen molar-refractivity contribution in [1.29, 1.82) is 0 Å². The monoisotopic (exact) mass is 1060 g/mol. The van der Waals surface area contributed by atoms with E-state index in [9.17, 15) is 35.1 Å². The number of aliphatic hydroxyl groups is 5. The van der Waals surface area contributed by atoms with Gasteiger partial charge in [-0.15, -0.1) is 0 Å². The molecular weight excluding hydrogens is 969 g/mol. The minimum Gasteiger partial charge on any atom is -0.458 e. The van der Waals surface area contributed by atoms with E-state index in [1.54, 1.807) is 26.4 Å². The zero-order chi connectivity index (χ0) is 52.9. The van der Waals surface area contributed by atoms with Gasteiger partial charge in [0, 0.05) is 61.9 Å². The Kier molecular flexibility index (Phi) is 14.2. The van der Waals surface area contributed by atoms with E-state index >= 15 is 0 Å². The third-order valence-electron chi connectivity index (χ3n) is 22.7. The standard InChI is InChI=1S/C31H48O9.C26H38O8.CH4/c1-19-11-24-30(16-38-27(2,3)40-24)26-22(7-9-29(30,33)13-19)31(39-18-35-6)10-8-21(20-12-25(32)36-15-20)28(31,4)14-23(26)37-17-34-5;1-22(2)33-13-25-19(34-22)9-15(27)10-24(25,30)6-4-17-21(25)18(28)11-23(3)16(5-7-26(17,23)31)14-8-20(29)32-12-14;/h12,19,21-24,26,33H,7-11,13-18H2,1-6H3;8,15-19,21,27-28,30-31H,4-7,9-13H2,1-3H3;1H4/t19-,21+,22?,23+,24+,26?,28+,29-,30+,31-;15-,16+,17?,18+,19+,21?,23+,24-,25+,26-;/m00./s1. The number of hydrogen-bond acceptors (Lipinski definition) is 17. The largest absolute Gasteiger partial charge is 0.458 e. The first kappa shape index (κ1) is 56.2. The van der Waals surface area contributed by atoms with Gasteiger partial charge in [-0.25, -0.2) is 9.59 Å². The number of methoxy groups -OCH3 is 2. The number of hydrogen-bond donors (Lipinski definition) is 5. The zero-order valence-electron chi connectivity index (χ0n) is 45.4. The predicted octanol–water partition coefficient (Wildman–Crippen LogP) is 6.03. The molecule has 8 saturated carbocycles. The van der Waals surface area contributed by atoms with Gasteiger partial charge in [0.25, 0.3) is 0 Å². The number of fused-ring (bicyclic) bond motifs is 6. The molecule has 0 radical (unpaired) electrons. The molecule has 2 saturated heterocycles. The fraction of sp³-hybridized carbons (Fsp3) is 0.897. The molecule has 0 amide bonds. The second-order valence-electron chi connectivity index (χ2n) is 26.8. The molecule has 12 rings (SSSR count). The van der Waals surface area contributed by atoms with Crippen molar-refractivity contribution in [2.75, 3.05) is 54.2 Å². The zero-order valence-corrected chi connectivity index (χ0v) is 45.4. The highest BCUT2D eigenvalue weighted by Crippen LogP contribution is 2.75. The molecule has 4 heterocycles. The van der Waals surface area contributed by atoms with Crippen LogP contribution in [0.25, 0.3) is 0 Å². The van der Waals surface area contributed by atoms with E-state index in [1.165, 1.54) is 0 Å². The van der Waals surface area contributed by atoms with Gasteiger partial charge in [-0.05, 0) is 145 Å². The van der Waals surface area contributed by atoms with Gasteiger partial charge < -0.3 is 72.9 Å². The number of rotatable bonds is 8. The Morgan fingerprint density at radius 3 is 1.77 bits per heavy atom. The Morgan fingerprint density at radius 2 is 1.19 bits per heavy atom. The van der Waals surface area contributed by atoms with Gasteiger partial charge in [-0.3, -0.25) is 0 Å². The van der Waals surface area contributed by atoms with Crippen molar-refractivity contribution in [3.63, 3.8) is 0 Å². The lowest BCUT2D eigenvalue weighted by Gasteiger charge is -2.71. The number of carbonyl (C=O) groups is 2. The smallest absolute Gasteiger partial charge is 0.331 e. The Morgan fingerprint density at radius 1 is 0.640 bits per heavy atom. The van der Waals surface area contributed by atoms with E-state index < -0.39 is 74.5 Å². The summed E-state index contributed by atoms with van der Waals surface area (Å²) in [6.07, 6.45) is 9.57. The van der Waals surface area contributed by atoms with Crippen LogP contribution in [-0.4, -0.2) is 156 Å². The minimum atomic E-state index is -1.25. The van der Waals surface area contributed by atoms with Crippen molar-refractivity contribution < 1.29 is 82.5 Å². The molecule has 0 aromatic rings. The molecule has 0 aromatic carbocycles. The van der Waals surface area contributed by atoms with Crippen LogP contribution in [0.2, 0.25) is 0 Å². The van der Waals surface area contributed by atoms with Crippen molar-refractivity contribution in [3.8, 4) is 0 Å². The molecule has 4 unspecified atom stereocenters. The molecule has 0 aromatic heterocycles. The van der Waals surface area contributed by atoms with Gasteiger partial charge in [0.2, 0.25) is 0 Å². The van der Waals surface area contributed by atoms with Crippen molar-refractivity contribution in [2.45, 2.75) is 210 Å². The number of ether oxygens (including phenoxy) is 10. The lowest BCUT2D eigenvalue weighted by molar-refractivity contribution is -0.405. The third kappa shape index (κ3) is 8.05. The summed E-state index contributed by atoms with van der Waals surface area (Å²) in [4.78, 5) is 23.9. The number of carbonyl (C=O) groups excluding carboxylic acids is 2. The Balaban J connectivity index is 0.000000171. The molecule has 17 nitrogen and oxygen atoms in total. The number of cyclic esters (lactones) is 2. The molecule has 10 fully saturated rings. The molecule has 4 aliphatic heterocycles. The van der Waals surface area contributed by atoms with Crippen LogP contribution in [0, 0.1) is 63.1 Å². The summed E-state index contributed by atoms with van der Waals surface area (Å²) >= 11 is 0. The molecule has 75 heavy (non-hydrogen) atoms. The van der Waals surface area contributed by atoms with Gasteiger partial charge in [0.05, 0.1) is 77.0 Å². The topological polar surface area (TPSA) is 228 Å². The first-order valence-corrected chi connectivity index (χ1v) is 28.0. The average Bonchev–Trinajstić information content (AvgIpc) is 4.08. The highest BCUT2D eigenvalue weighted by Gasteiger charge is 2.79. The van der Waals surface area contributed by atoms with E-state index in [1.807, 2.05) is 34.6 Å². The lowest BCUT2D eigenvalue weighted by Crippen LogP contribution is -2.78. The van der Waals surface area contributed by atoms with E-state index in [4.69, 9.17) is 47.4 Å². The van der Waals surface area contributed by atoms with E-state index in [2.05, 4.69) is 13.8 Å². The van der Waals surface area contributed by atoms with Crippen LogP contribution in [0.4, 0.5) is 0 Å². The number of esters is 2. The SMILES string of the molecule is C.CC1(C)OC[C@@]23C4C(CC[C@]2(O)C[C@@H](O)C[C@H]3O1)[C@@]1(O)CC[C@H](C2=CC(=O)OC2)[C@@]1(C)C[C@H]4O.COCO[C@@H]1C[C@]2(C)[C@@H](C3=CC(=O)OC3)CC[C@]2(OCOC)C2CC[C@]3(O)C[C@@H](C)C[C@H]4OC(C)(C)OC[C@]43C21. The van der Waals surface area contributed by atoms with E-state index in [0.29, 0.717) is 64.1 Å². The van der Waals surface area contributed by atoms with Crippen LogP contribution in [0.15, 0.2) is 23.3 Å². The fourth-order valence-electron chi connectivity index (χ4n) is 20.0. The summed E-state index contributed by atoms with van der Waals surface area (Å²) < 4.78 is 60.8. The minimum absolute atomic E-state index is 0. The lowest BCUT2D eigenvalue weighted by atomic mass is 9.39. The third-order valence-corrected chi connectivity index (χ3v) is 22.7. The van der Waals surface area contributed by atoms with Crippen molar-refractivity contribution in [1.82, 2.24) is 0 Å². The first-order chi connectivity index (χ1) is 34.8. The summed E-state index contributed by atoms with van der Waals surface area (Å²) in [5.41, 5.74) is -4.34. The molecule has 8 aliphatic carbocycles. The quantitative estimate of drug-likeness (QED) is 0.138. The van der Waals surface area contributed by atoms with Crippen molar-refractivity contribution in [2.24, 2.45) is 63.1 Å². The van der Waals surface area contributed by atoms with Gasteiger partial charge >= 0.3 is 11.9 Å². The molecular formula is C58H90O17. The van der Waals surface area contributed by atoms with Gasteiger partial charge in [0.1, 0.15) is 26.8 Å². The molecule has 424 valence electrons. The van der Waals surface area contributed by atoms with E-state index in [-0.39, 0.29) is 99.8 Å². The maximum atomic E-state index is 12.6. The fourth-order valence-corrected chi connectivity index (χ4v) is 20.0.